The van der Waals surface area contributed by atoms with Crippen molar-refractivity contribution in [2.45, 2.75) is 82.3 Å². The first-order valence-electron chi connectivity index (χ1n) is 10.1. The van der Waals surface area contributed by atoms with Crippen LogP contribution in [0.5, 0.6) is 0 Å². The maximum Gasteiger partial charge on any atom is 0.130 e. The molecule has 0 saturated heterocycles. The molecule has 0 aromatic carbocycles. The lowest BCUT2D eigenvalue weighted by Gasteiger charge is -2.54. The summed E-state index contributed by atoms with van der Waals surface area (Å²) < 4.78 is 0. The van der Waals surface area contributed by atoms with E-state index in [2.05, 4.69) is 19.4 Å². The van der Waals surface area contributed by atoms with Gasteiger partial charge in [-0.3, -0.25) is 0 Å². The van der Waals surface area contributed by atoms with Crippen LogP contribution in [0.1, 0.15) is 71.1 Å². The van der Waals surface area contributed by atoms with Crippen LogP contribution in [0.3, 0.4) is 0 Å². The maximum absolute atomic E-state index is 11.0. The van der Waals surface area contributed by atoms with Crippen molar-refractivity contribution in [3.05, 3.63) is 23.8 Å². The minimum atomic E-state index is -0.909. The first kappa shape index (κ1) is 17.4. The minimum Gasteiger partial charge on any atom is -0.389 e. The van der Waals surface area contributed by atoms with Gasteiger partial charge in [0.1, 0.15) is 5.60 Å². The molecule has 0 spiro atoms. The van der Waals surface area contributed by atoms with E-state index in [4.69, 9.17) is 6.42 Å². The van der Waals surface area contributed by atoms with Gasteiger partial charge in [0.2, 0.25) is 0 Å². The molecule has 136 valence electrons. The predicted molar refractivity (Wildman–Crippen MR) is 101 cm³/mol. The fourth-order valence-electron chi connectivity index (χ4n) is 7.00. The van der Waals surface area contributed by atoms with Crippen molar-refractivity contribution >= 4 is 0 Å². The lowest BCUT2D eigenvalue weighted by Crippen LogP contribution is -2.51. The van der Waals surface area contributed by atoms with Crippen molar-refractivity contribution in [3.63, 3.8) is 0 Å². The summed E-state index contributed by atoms with van der Waals surface area (Å²) in [7, 11) is 0. The average molecular weight is 341 g/mol. The summed E-state index contributed by atoms with van der Waals surface area (Å²) in [5.41, 5.74) is 1.61. The van der Waals surface area contributed by atoms with Gasteiger partial charge in [0.25, 0.3) is 0 Å². The fraction of sp³-hybridized carbons (Fsp3) is 0.739. The third-order valence-corrected chi connectivity index (χ3v) is 8.44. The maximum atomic E-state index is 11.0. The molecule has 0 radical (unpaired) electrons. The van der Waals surface area contributed by atoms with E-state index in [1.165, 1.54) is 12.0 Å². The summed E-state index contributed by atoms with van der Waals surface area (Å²) in [4.78, 5) is 0. The monoisotopic (exact) mass is 340 g/mol. The summed E-state index contributed by atoms with van der Waals surface area (Å²) in [6.07, 6.45) is 17.4. The van der Waals surface area contributed by atoms with E-state index >= 15 is 0 Å². The highest BCUT2D eigenvalue weighted by atomic mass is 16.3. The molecule has 4 aliphatic rings. The van der Waals surface area contributed by atoms with Crippen molar-refractivity contribution in [1.82, 2.24) is 0 Å². The Morgan fingerprint density at radius 1 is 1.20 bits per heavy atom. The average Bonchev–Trinajstić information content (AvgIpc) is 2.86. The zero-order valence-electron chi connectivity index (χ0n) is 15.6. The van der Waals surface area contributed by atoms with E-state index in [1.54, 1.807) is 5.57 Å². The molecule has 0 aromatic heterocycles. The lowest BCUT2D eigenvalue weighted by molar-refractivity contribution is -0.0726. The van der Waals surface area contributed by atoms with Crippen LogP contribution >= 0.6 is 0 Å². The van der Waals surface area contributed by atoms with Gasteiger partial charge in [-0.2, -0.15) is 0 Å². The molecule has 2 N–H and O–H groups in total. The predicted octanol–water partition coefficient (Wildman–Crippen LogP) is 4.37. The van der Waals surface area contributed by atoms with E-state index in [0.717, 1.165) is 51.4 Å². The molecule has 4 rings (SSSR count). The summed E-state index contributed by atoms with van der Waals surface area (Å²) in [6, 6.07) is 0. The van der Waals surface area contributed by atoms with Crippen LogP contribution in [0.4, 0.5) is 0 Å². The lowest BCUT2D eigenvalue weighted by atomic mass is 9.52. The Morgan fingerprint density at radius 3 is 2.72 bits per heavy atom. The van der Waals surface area contributed by atoms with Crippen molar-refractivity contribution in [2.24, 2.45) is 23.2 Å². The fourth-order valence-corrected chi connectivity index (χ4v) is 7.00. The first-order chi connectivity index (χ1) is 11.9. The van der Waals surface area contributed by atoms with Crippen LogP contribution in [0.2, 0.25) is 0 Å². The Bertz CT molecular complexity index is 655. The van der Waals surface area contributed by atoms with Gasteiger partial charge < -0.3 is 10.2 Å². The van der Waals surface area contributed by atoms with Crippen LogP contribution in [0.15, 0.2) is 23.8 Å². The molecular weight excluding hydrogens is 308 g/mol. The van der Waals surface area contributed by atoms with Gasteiger partial charge in [0, 0.05) is 5.41 Å². The summed E-state index contributed by atoms with van der Waals surface area (Å²) in [5.74, 6) is 4.64. The van der Waals surface area contributed by atoms with E-state index in [9.17, 15) is 10.2 Å². The number of aliphatic hydroxyl groups is 2. The molecular formula is C23H32O2. The van der Waals surface area contributed by atoms with Crippen LogP contribution in [-0.2, 0) is 0 Å². The molecule has 0 bridgehead atoms. The van der Waals surface area contributed by atoms with Crippen molar-refractivity contribution in [1.29, 1.82) is 0 Å². The largest absolute Gasteiger partial charge is 0.389 e. The van der Waals surface area contributed by atoms with E-state index in [0.29, 0.717) is 24.2 Å². The van der Waals surface area contributed by atoms with Gasteiger partial charge in [-0.25, -0.2) is 0 Å². The van der Waals surface area contributed by atoms with E-state index in [1.807, 2.05) is 6.08 Å². The Balaban J connectivity index is 1.61. The first-order valence-corrected chi connectivity index (χ1v) is 10.1. The Morgan fingerprint density at radius 2 is 2.00 bits per heavy atom. The Kier molecular flexibility index (Phi) is 3.98. The second kappa shape index (κ2) is 5.73. The summed E-state index contributed by atoms with van der Waals surface area (Å²) in [5, 5.41) is 21.9. The van der Waals surface area contributed by atoms with Crippen molar-refractivity contribution in [2.75, 3.05) is 0 Å². The number of hydrogen-bond donors (Lipinski definition) is 2. The highest BCUT2D eigenvalue weighted by molar-refractivity contribution is 5.31. The van der Waals surface area contributed by atoms with Crippen LogP contribution in [-0.4, -0.2) is 21.4 Å². The van der Waals surface area contributed by atoms with E-state index in [-0.39, 0.29) is 5.41 Å². The quantitative estimate of drug-likeness (QED) is 0.579. The van der Waals surface area contributed by atoms with Gasteiger partial charge in [-0.05, 0) is 82.0 Å². The zero-order valence-corrected chi connectivity index (χ0v) is 15.6. The van der Waals surface area contributed by atoms with Crippen LogP contribution < -0.4 is 0 Å². The van der Waals surface area contributed by atoms with Crippen LogP contribution in [0, 0.1) is 35.5 Å². The number of hydrogen-bond acceptors (Lipinski definition) is 2. The van der Waals surface area contributed by atoms with Crippen molar-refractivity contribution < 1.29 is 10.2 Å². The van der Waals surface area contributed by atoms with Gasteiger partial charge in [-0.15, -0.1) is 13.0 Å². The molecule has 6 atom stereocenters. The zero-order chi connectivity index (χ0) is 17.9. The highest BCUT2D eigenvalue weighted by Gasteiger charge is 2.61. The van der Waals surface area contributed by atoms with Gasteiger partial charge >= 0.3 is 0 Å². The van der Waals surface area contributed by atoms with Crippen molar-refractivity contribution in [3.8, 4) is 12.3 Å². The van der Waals surface area contributed by atoms with E-state index < -0.39 is 11.2 Å². The normalized spacial score (nSPS) is 49.0. The molecule has 0 aromatic rings. The molecule has 2 fully saturated rings. The Labute approximate surface area is 152 Å². The number of fused-ring (bicyclic) bond motifs is 4. The SMILES string of the molecule is C#C[C@@]1(O)CC[C@H]2[C@@H]3CCC4=C(CCC(O)(CC=C)C4)[C@H]3CC[C@@]21C. The molecule has 25 heavy (non-hydrogen) atoms. The second-order valence-corrected chi connectivity index (χ2v) is 9.44. The molecule has 1 unspecified atom stereocenters. The standard InChI is InChI=1S/C23H32O2/c1-4-11-22(24)13-9-17-16(15-22)6-7-19-18(17)8-12-21(3)20(19)10-14-23(21,25)5-2/h2,4,18-20,24-25H,1,6-15H2,3H3/t18-,19-,20+,21+,22?,23-/m1/s1. The smallest absolute Gasteiger partial charge is 0.130 e. The van der Waals surface area contributed by atoms with Gasteiger partial charge in [0.15, 0.2) is 0 Å². The summed E-state index contributed by atoms with van der Waals surface area (Å²) in [6.45, 7) is 6.06. The molecule has 0 amide bonds. The molecule has 4 aliphatic carbocycles. The molecule has 2 saturated carbocycles. The number of rotatable bonds is 2. The second-order valence-electron chi connectivity index (χ2n) is 9.44. The molecule has 2 nitrogen and oxygen atoms in total. The summed E-state index contributed by atoms with van der Waals surface area (Å²) >= 11 is 0. The minimum absolute atomic E-state index is 0.112. The molecule has 2 heteroatoms. The topological polar surface area (TPSA) is 40.5 Å². The van der Waals surface area contributed by atoms with Crippen LogP contribution in [0.25, 0.3) is 0 Å². The van der Waals surface area contributed by atoms with Gasteiger partial charge in [0.05, 0.1) is 5.60 Å². The number of terminal acetylenes is 1. The Hall–Kier alpha value is -1.04. The van der Waals surface area contributed by atoms with Gasteiger partial charge in [-0.1, -0.05) is 30.1 Å². The third-order valence-electron chi connectivity index (χ3n) is 8.44. The molecule has 0 heterocycles. The third kappa shape index (κ3) is 2.39. The molecule has 0 aliphatic heterocycles. The number of allylic oxidation sites excluding steroid dienone is 1. The highest BCUT2D eigenvalue weighted by Crippen LogP contribution is 2.64.